The van der Waals surface area contributed by atoms with Crippen LogP contribution in [-0.4, -0.2) is 45.4 Å². The molecule has 1 saturated heterocycles. The fourth-order valence-electron chi connectivity index (χ4n) is 2.97. The first-order valence-electron chi connectivity index (χ1n) is 8.92. The van der Waals surface area contributed by atoms with Crippen molar-refractivity contribution in [3.8, 4) is 5.75 Å². The van der Waals surface area contributed by atoms with Gasteiger partial charge in [-0.1, -0.05) is 13.3 Å². The average Bonchev–Trinajstić information content (AvgIpc) is 2.65. The summed E-state index contributed by atoms with van der Waals surface area (Å²) in [5.74, 6) is 0.578. The van der Waals surface area contributed by atoms with Crippen molar-refractivity contribution in [3.63, 3.8) is 0 Å². The van der Waals surface area contributed by atoms with Crippen LogP contribution in [0.15, 0.2) is 23.1 Å². The lowest BCUT2D eigenvalue weighted by Gasteiger charge is -2.26. The van der Waals surface area contributed by atoms with Gasteiger partial charge in [0.25, 0.3) is 0 Å². The molecule has 1 aromatic carbocycles. The second-order valence-corrected chi connectivity index (χ2v) is 8.23. The minimum Gasteiger partial charge on any atom is -0.496 e. The highest BCUT2D eigenvalue weighted by Gasteiger charge is 2.26. The summed E-state index contributed by atoms with van der Waals surface area (Å²) in [5, 5.41) is 2.83. The Morgan fingerprint density at radius 1 is 1.24 bits per heavy atom. The van der Waals surface area contributed by atoms with E-state index in [1.807, 2.05) is 6.92 Å². The largest absolute Gasteiger partial charge is 0.496 e. The molecule has 1 amide bonds. The number of carbonyl (C=O) groups excluding carboxylic acids is 1. The Labute approximate surface area is 150 Å². The number of hydrogen-bond acceptors (Lipinski definition) is 4. The van der Waals surface area contributed by atoms with E-state index in [4.69, 9.17) is 4.74 Å². The third-order valence-corrected chi connectivity index (χ3v) is 6.29. The molecule has 1 aromatic rings. The molecule has 0 aromatic heterocycles. The molecule has 0 spiro atoms. The molecule has 0 radical (unpaired) electrons. The lowest BCUT2D eigenvalue weighted by Crippen LogP contribution is -2.35. The van der Waals surface area contributed by atoms with E-state index in [9.17, 15) is 13.2 Å². The monoisotopic (exact) mass is 368 g/mol. The summed E-state index contributed by atoms with van der Waals surface area (Å²) in [5.41, 5.74) is 0.743. The van der Waals surface area contributed by atoms with E-state index in [0.717, 1.165) is 31.2 Å². The first kappa shape index (κ1) is 19.7. The van der Waals surface area contributed by atoms with Gasteiger partial charge in [-0.2, -0.15) is 4.31 Å². The van der Waals surface area contributed by atoms with Crippen LogP contribution in [0.4, 0.5) is 0 Å². The molecule has 7 heteroatoms. The quantitative estimate of drug-likeness (QED) is 0.764. The summed E-state index contributed by atoms with van der Waals surface area (Å²) in [6.07, 6.45) is 4.52. The normalized spacial score (nSPS) is 15.8. The number of ether oxygens (including phenoxy) is 1. The predicted molar refractivity (Wildman–Crippen MR) is 97.2 cm³/mol. The highest BCUT2D eigenvalue weighted by Crippen LogP contribution is 2.27. The zero-order chi connectivity index (χ0) is 18.3. The SMILES string of the molecule is CCCNC(=O)CCc1cc(S(=O)(=O)N2CCCCC2)ccc1OC. The number of rotatable bonds is 8. The van der Waals surface area contributed by atoms with Gasteiger partial charge in [0, 0.05) is 26.1 Å². The molecular weight excluding hydrogens is 340 g/mol. The molecule has 0 aliphatic carbocycles. The fraction of sp³-hybridized carbons (Fsp3) is 0.611. The van der Waals surface area contributed by atoms with Gasteiger partial charge in [-0.05, 0) is 49.4 Å². The van der Waals surface area contributed by atoms with Crippen molar-refractivity contribution in [2.24, 2.45) is 0 Å². The van der Waals surface area contributed by atoms with Crippen LogP contribution in [0.3, 0.4) is 0 Å². The molecule has 0 unspecified atom stereocenters. The second kappa shape index (κ2) is 9.20. The van der Waals surface area contributed by atoms with E-state index < -0.39 is 10.0 Å². The molecule has 1 N–H and O–H groups in total. The number of nitrogens with one attached hydrogen (secondary N) is 1. The zero-order valence-corrected chi connectivity index (χ0v) is 15.9. The van der Waals surface area contributed by atoms with Gasteiger partial charge in [0.1, 0.15) is 5.75 Å². The van der Waals surface area contributed by atoms with Crippen molar-refractivity contribution in [1.82, 2.24) is 9.62 Å². The number of sulfonamides is 1. The van der Waals surface area contributed by atoms with E-state index in [1.165, 1.54) is 0 Å². The maximum absolute atomic E-state index is 12.8. The van der Waals surface area contributed by atoms with Crippen LogP contribution in [0.1, 0.15) is 44.6 Å². The first-order chi connectivity index (χ1) is 12.0. The summed E-state index contributed by atoms with van der Waals surface area (Å²) in [7, 11) is -1.93. The maximum Gasteiger partial charge on any atom is 0.243 e. The summed E-state index contributed by atoms with van der Waals surface area (Å²) in [6, 6.07) is 4.91. The minimum atomic E-state index is -3.49. The summed E-state index contributed by atoms with van der Waals surface area (Å²) in [4.78, 5) is 12.1. The van der Waals surface area contributed by atoms with Crippen molar-refractivity contribution in [2.75, 3.05) is 26.7 Å². The molecule has 25 heavy (non-hydrogen) atoms. The number of hydrogen-bond donors (Lipinski definition) is 1. The van der Waals surface area contributed by atoms with E-state index >= 15 is 0 Å². The summed E-state index contributed by atoms with van der Waals surface area (Å²) >= 11 is 0. The molecule has 0 bridgehead atoms. The van der Waals surface area contributed by atoms with Crippen LogP contribution in [0, 0.1) is 0 Å². The van der Waals surface area contributed by atoms with Crippen LogP contribution in [0.2, 0.25) is 0 Å². The highest BCUT2D eigenvalue weighted by atomic mass is 32.2. The van der Waals surface area contributed by atoms with Crippen LogP contribution < -0.4 is 10.1 Å². The minimum absolute atomic E-state index is 0.0341. The van der Waals surface area contributed by atoms with Gasteiger partial charge in [-0.25, -0.2) is 8.42 Å². The van der Waals surface area contributed by atoms with E-state index in [2.05, 4.69) is 5.32 Å². The van der Waals surface area contributed by atoms with Crippen LogP contribution >= 0.6 is 0 Å². The number of aryl methyl sites for hydroxylation is 1. The van der Waals surface area contributed by atoms with Crippen LogP contribution in [0.5, 0.6) is 5.75 Å². The van der Waals surface area contributed by atoms with Gasteiger partial charge in [0.2, 0.25) is 15.9 Å². The third-order valence-electron chi connectivity index (χ3n) is 4.40. The number of methoxy groups -OCH3 is 1. The predicted octanol–water partition coefficient (Wildman–Crippen LogP) is 2.33. The summed E-state index contributed by atoms with van der Waals surface area (Å²) < 4.78 is 32.5. The Morgan fingerprint density at radius 3 is 2.60 bits per heavy atom. The van der Waals surface area contributed by atoms with Crippen molar-refractivity contribution in [3.05, 3.63) is 23.8 Å². The van der Waals surface area contributed by atoms with Gasteiger partial charge in [-0.3, -0.25) is 4.79 Å². The lowest BCUT2D eigenvalue weighted by molar-refractivity contribution is -0.121. The molecule has 1 heterocycles. The molecule has 6 nitrogen and oxygen atoms in total. The van der Waals surface area contributed by atoms with Gasteiger partial charge >= 0.3 is 0 Å². The molecular formula is C18H28N2O4S. The van der Waals surface area contributed by atoms with Crippen molar-refractivity contribution >= 4 is 15.9 Å². The highest BCUT2D eigenvalue weighted by molar-refractivity contribution is 7.89. The number of benzene rings is 1. The van der Waals surface area contributed by atoms with E-state index in [1.54, 1.807) is 29.6 Å². The Hall–Kier alpha value is -1.60. The average molecular weight is 368 g/mol. The van der Waals surface area contributed by atoms with Gasteiger partial charge in [-0.15, -0.1) is 0 Å². The van der Waals surface area contributed by atoms with Gasteiger partial charge < -0.3 is 10.1 Å². The maximum atomic E-state index is 12.8. The Balaban J connectivity index is 2.16. The molecule has 1 aliphatic heterocycles. The number of amides is 1. The fourth-order valence-corrected chi connectivity index (χ4v) is 4.53. The van der Waals surface area contributed by atoms with Crippen LogP contribution in [0.25, 0.3) is 0 Å². The van der Waals surface area contributed by atoms with E-state index in [0.29, 0.717) is 38.2 Å². The Bertz CT molecular complexity index is 682. The van der Waals surface area contributed by atoms with Crippen LogP contribution in [-0.2, 0) is 21.2 Å². The number of nitrogens with zero attached hydrogens (tertiary/aromatic N) is 1. The van der Waals surface area contributed by atoms with Gasteiger partial charge in [0.05, 0.1) is 12.0 Å². The topological polar surface area (TPSA) is 75.7 Å². The van der Waals surface area contributed by atoms with Gasteiger partial charge in [0.15, 0.2) is 0 Å². The molecule has 0 saturated carbocycles. The first-order valence-corrected chi connectivity index (χ1v) is 10.4. The second-order valence-electron chi connectivity index (χ2n) is 6.29. The van der Waals surface area contributed by atoms with Crippen molar-refractivity contribution in [2.45, 2.75) is 50.3 Å². The molecule has 0 atom stereocenters. The van der Waals surface area contributed by atoms with E-state index in [-0.39, 0.29) is 10.8 Å². The lowest BCUT2D eigenvalue weighted by atomic mass is 10.1. The standard InChI is InChI=1S/C18H28N2O4S/c1-3-11-19-18(21)10-7-15-14-16(8-9-17(15)24-2)25(22,23)20-12-5-4-6-13-20/h8-9,14H,3-7,10-13H2,1-2H3,(H,19,21). The smallest absolute Gasteiger partial charge is 0.243 e. The molecule has 140 valence electrons. The zero-order valence-electron chi connectivity index (χ0n) is 15.1. The summed E-state index contributed by atoms with van der Waals surface area (Å²) in [6.45, 7) is 3.80. The molecule has 1 aliphatic rings. The van der Waals surface area contributed by atoms with Crippen molar-refractivity contribution < 1.29 is 17.9 Å². The number of piperidine rings is 1. The number of carbonyl (C=O) groups is 1. The Kier molecular flexibility index (Phi) is 7.25. The molecule has 2 rings (SSSR count). The third kappa shape index (κ3) is 5.19. The molecule has 1 fully saturated rings. The Morgan fingerprint density at radius 2 is 1.96 bits per heavy atom. The van der Waals surface area contributed by atoms with Crippen molar-refractivity contribution in [1.29, 1.82) is 0 Å².